The Bertz CT molecular complexity index is 779. The van der Waals surface area contributed by atoms with E-state index in [1.807, 2.05) is 0 Å². The Morgan fingerprint density at radius 3 is 2.62 bits per heavy atom. The average molecular weight is 334 g/mol. The van der Waals surface area contributed by atoms with Crippen molar-refractivity contribution in [3.8, 4) is 11.5 Å². The van der Waals surface area contributed by atoms with Crippen LogP contribution in [0.5, 0.6) is 0 Å². The van der Waals surface area contributed by atoms with Gasteiger partial charge in [0.2, 0.25) is 11.8 Å². The average Bonchev–Trinajstić information content (AvgIpc) is 2.93. The van der Waals surface area contributed by atoms with Crippen LogP contribution in [0.1, 0.15) is 24.3 Å². The molecule has 1 amide bonds. The molecule has 1 N–H and O–H groups in total. The first-order chi connectivity index (χ1) is 11.5. The van der Waals surface area contributed by atoms with E-state index in [1.54, 1.807) is 4.90 Å². The molecule has 126 valence electrons. The zero-order valence-electron chi connectivity index (χ0n) is 12.8. The lowest BCUT2D eigenvalue weighted by Gasteiger charge is -2.35. The van der Waals surface area contributed by atoms with Crippen LogP contribution in [-0.4, -0.2) is 33.5 Å². The van der Waals surface area contributed by atoms with Crippen LogP contribution in [0.25, 0.3) is 11.5 Å². The lowest BCUT2D eigenvalue weighted by Crippen LogP contribution is -2.45. The first kappa shape index (κ1) is 15.3. The van der Waals surface area contributed by atoms with Crippen LogP contribution in [0.2, 0.25) is 0 Å². The van der Waals surface area contributed by atoms with Gasteiger partial charge in [-0.3, -0.25) is 4.79 Å². The van der Waals surface area contributed by atoms with E-state index >= 15 is 0 Å². The third-order valence-electron chi connectivity index (χ3n) is 4.61. The SMILES string of the molecule is O=C(C1CC(O)C1)N1CCc2oc(-c3cc(F)cc(F)c3)nc2C1. The molecule has 2 heterocycles. The van der Waals surface area contributed by atoms with Gasteiger partial charge in [-0.1, -0.05) is 0 Å². The summed E-state index contributed by atoms with van der Waals surface area (Å²) in [5.74, 6) is -0.681. The summed E-state index contributed by atoms with van der Waals surface area (Å²) in [5.41, 5.74) is 0.857. The van der Waals surface area contributed by atoms with Gasteiger partial charge in [-0.25, -0.2) is 13.8 Å². The lowest BCUT2D eigenvalue weighted by molar-refractivity contribution is -0.143. The minimum absolute atomic E-state index is 0.0206. The zero-order valence-corrected chi connectivity index (χ0v) is 12.8. The molecule has 0 saturated heterocycles. The summed E-state index contributed by atoms with van der Waals surface area (Å²) in [6.45, 7) is 0.840. The molecule has 7 heteroatoms. The van der Waals surface area contributed by atoms with Gasteiger partial charge >= 0.3 is 0 Å². The summed E-state index contributed by atoms with van der Waals surface area (Å²) in [7, 11) is 0. The number of carbonyl (C=O) groups excluding carboxylic acids is 1. The van der Waals surface area contributed by atoms with Crippen molar-refractivity contribution >= 4 is 5.91 Å². The predicted octanol–water partition coefficient (Wildman–Crippen LogP) is 2.28. The number of aliphatic hydroxyl groups excluding tert-OH is 1. The van der Waals surface area contributed by atoms with Crippen LogP contribution < -0.4 is 0 Å². The minimum atomic E-state index is -0.693. The third-order valence-corrected chi connectivity index (χ3v) is 4.61. The van der Waals surface area contributed by atoms with Crippen LogP contribution in [0.3, 0.4) is 0 Å². The van der Waals surface area contributed by atoms with Gasteiger partial charge in [0.15, 0.2) is 0 Å². The van der Waals surface area contributed by atoms with Gasteiger partial charge < -0.3 is 14.4 Å². The monoisotopic (exact) mass is 334 g/mol. The van der Waals surface area contributed by atoms with Gasteiger partial charge in [-0.15, -0.1) is 0 Å². The number of aromatic nitrogens is 1. The fraction of sp³-hybridized carbons (Fsp3) is 0.412. The molecule has 0 atom stereocenters. The maximum absolute atomic E-state index is 13.3. The molecule has 2 aliphatic rings. The Morgan fingerprint density at radius 1 is 1.25 bits per heavy atom. The third kappa shape index (κ3) is 2.69. The molecule has 1 aromatic heterocycles. The lowest BCUT2D eigenvalue weighted by atomic mass is 9.81. The second-order valence-electron chi connectivity index (χ2n) is 6.38. The van der Waals surface area contributed by atoms with Crippen molar-refractivity contribution in [2.75, 3.05) is 6.54 Å². The van der Waals surface area contributed by atoms with Crippen LogP contribution in [0, 0.1) is 17.6 Å². The fourth-order valence-corrected chi connectivity index (χ4v) is 3.24. The normalized spacial score (nSPS) is 22.9. The number of halogens is 2. The largest absolute Gasteiger partial charge is 0.441 e. The Labute approximate surface area is 136 Å². The highest BCUT2D eigenvalue weighted by Gasteiger charge is 2.37. The summed E-state index contributed by atoms with van der Waals surface area (Å²) in [6.07, 6.45) is 1.16. The first-order valence-corrected chi connectivity index (χ1v) is 7.91. The van der Waals surface area contributed by atoms with E-state index in [-0.39, 0.29) is 29.4 Å². The number of oxazole rings is 1. The van der Waals surface area contributed by atoms with E-state index in [9.17, 15) is 18.7 Å². The van der Waals surface area contributed by atoms with Crippen LogP contribution >= 0.6 is 0 Å². The molecule has 24 heavy (non-hydrogen) atoms. The van der Waals surface area contributed by atoms with Crippen molar-refractivity contribution in [3.63, 3.8) is 0 Å². The van der Waals surface area contributed by atoms with Crippen molar-refractivity contribution in [2.24, 2.45) is 5.92 Å². The quantitative estimate of drug-likeness (QED) is 0.915. The zero-order chi connectivity index (χ0) is 16.8. The Balaban J connectivity index is 1.54. The maximum Gasteiger partial charge on any atom is 0.226 e. The number of carbonyl (C=O) groups is 1. The number of amides is 1. The number of fused-ring (bicyclic) bond motifs is 1. The predicted molar refractivity (Wildman–Crippen MR) is 79.7 cm³/mol. The number of hydrogen-bond acceptors (Lipinski definition) is 4. The topological polar surface area (TPSA) is 66.6 Å². The minimum Gasteiger partial charge on any atom is -0.441 e. The Morgan fingerprint density at radius 2 is 1.96 bits per heavy atom. The Hall–Kier alpha value is -2.28. The fourth-order valence-electron chi connectivity index (χ4n) is 3.24. The second-order valence-corrected chi connectivity index (χ2v) is 6.38. The first-order valence-electron chi connectivity index (χ1n) is 7.91. The molecule has 1 fully saturated rings. The molecular formula is C17H16F2N2O3. The van der Waals surface area contributed by atoms with E-state index < -0.39 is 11.6 Å². The molecular weight excluding hydrogens is 318 g/mol. The summed E-state index contributed by atoms with van der Waals surface area (Å²) >= 11 is 0. The van der Waals surface area contributed by atoms with Gasteiger partial charge in [0.05, 0.1) is 12.6 Å². The van der Waals surface area contributed by atoms with Crippen molar-refractivity contribution in [1.29, 1.82) is 0 Å². The van der Waals surface area contributed by atoms with Crippen LogP contribution in [0.15, 0.2) is 22.6 Å². The van der Waals surface area contributed by atoms with E-state index in [0.29, 0.717) is 43.8 Å². The summed E-state index contributed by atoms with van der Waals surface area (Å²) in [4.78, 5) is 18.4. The van der Waals surface area contributed by atoms with Crippen LogP contribution in [-0.2, 0) is 17.8 Å². The number of nitrogens with zero attached hydrogens (tertiary/aromatic N) is 2. The van der Waals surface area contributed by atoms with E-state index in [1.165, 1.54) is 12.1 Å². The molecule has 0 spiro atoms. The van der Waals surface area contributed by atoms with E-state index in [0.717, 1.165) is 6.07 Å². The molecule has 1 aliphatic heterocycles. The van der Waals surface area contributed by atoms with Crippen LogP contribution in [0.4, 0.5) is 8.78 Å². The van der Waals surface area contributed by atoms with Crippen molar-refractivity contribution in [2.45, 2.75) is 31.9 Å². The van der Waals surface area contributed by atoms with E-state index in [4.69, 9.17) is 4.42 Å². The molecule has 5 nitrogen and oxygen atoms in total. The standard InChI is InChI=1S/C17H16F2N2O3/c18-11-3-9(4-12(19)7-11)16-20-14-8-21(2-1-15(14)24-16)17(23)10-5-13(22)6-10/h3-4,7,10,13,22H,1-2,5-6,8H2. The summed E-state index contributed by atoms with van der Waals surface area (Å²) in [6, 6.07) is 3.12. The molecule has 1 aliphatic carbocycles. The molecule has 2 aromatic rings. The molecule has 1 saturated carbocycles. The number of benzene rings is 1. The van der Waals surface area contributed by atoms with Gasteiger partial charge in [-0.2, -0.15) is 0 Å². The van der Waals surface area contributed by atoms with E-state index in [2.05, 4.69) is 4.98 Å². The van der Waals surface area contributed by atoms with Crippen molar-refractivity contribution in [1.82, 2.24) is 9.88 Å². The Kier molecular flexibility index (Phi) is 3.60. The number of aliphatic hydroxyl groups is 1. The van der Waals surface area contributed by atoms with Gasteiger partial charge in [0, 0.05) is 30.5 Å². The van der Waals surface area contributed by atoms with Gasteiger partial charge in [-0.05, 0) is 25.0 Å². The highest BCUT2D eigenvalue weighted by molar-refractivity contribution is 5.80. The molecule has 0 radical (unpaired) electrons. The maximum atomic E-state index is 13.3. The molecule has 0 bridgehead atoms. The highest BCUT2D eigenvalue weighted by atomic mass is 19.1. The molecule has 4 rings (SSSR count). The molecule has 1 aromatic carbocycles. The molecule has 0 unspecified atom stereocenters. The van der Waals surface area contributed by atoms with Crippen molar-refractivity contribution in [3.05, 3.63) is 41.3 Å². The van der Waals surface area contributed by atoms with Gasteiger partial charge in [0.25, 0.3) is 0 Å². The summed E-state index contributed by atoms with van der Waals surface area (Å²) in [5, 5.41) is 9.34. The summed E-state index contributed by atoms with van der Waals surface area (Å²) < 4.78 is 32.3. The van der Waals surface area contributed by atoms with Gasteiger partial charge in [0.1, 0.15) is 23.1 Å². The number of hydrogen-bond donors (Lipinski definition) is 1. The highest BCUT2D eigenvalue weighted by Crippen LogP contribution is 2.32. The smallest absolute Gasteiger partial charge is 0.226 e. The second kappa shape index (κ2) is 5.66. The van der Waals surface area contributed by atoms with Crippen molar-refractivity contribution < 1.29 is 23.1 Å². The number of rotatable bonds is 2.